The number of rotatable bonds is 4. The van der Waals surface area contributed by atoms with E-state index in [1.165, 1.54) is 38.9 Å². The van der Waals surface area contributed by atoms with E-state index < -0.39 is 0 Å². The van der Waals surface area contributed by atoms with Gasteiger partial charge in [-0.1, -0.05) is 6.92 Å². The van der Waals surface area contributed by atoms with Crippen molar-refractivity contribution in [3.8, 4) is 0 Å². The number of hydrogen-bond acceptors (Lipinski definition) is 2. The molecule has 1 heterocycles. The van der Waals surface area contributed by atoms with Gasteiger partial charge in [0.15, 0.2) is 5.96 Å². The number of aliphatic imine (C=N–C) groups is 1. The molecular weight excluding hydrogens is 200 g/mol. The van der Waals surface area contributed by atoms with E-state index in [4.69, 9.17) is 0 Å². The molecule has 0 saturated carbocycles. The molecule has 0 aliphatic carbocycles. The summed E-state index contributed by atoms with van der Waals surface area (Å²) in [6.45, 7) is 7.05. The highest BCUT2D eigenvalue weighted by Crippen LogP contribution is 2.19. The average Bonchev–Trinajstić information content (AvgIpc) is 2.35. The fourth-order valence-corrected chi connectivity index (χ4v) is 2.27. The minimum absolute atomic E-state index is 0.894. The molecule has 0 bridgehead atoms. The Bertz CT molecular complexity index is 207. The molecule has 1 aliphatic rings. The first kappa shape index (κ1) is 13.3. The Hall–Kier alpha value is -0.770. The van der Waals surface area contributed by atoms with Crippen LogP contribution in [0.15, 0.2) is 4.99 Å². The maximum Gasteiger partial charge on any atom is 0.190 e. The van der Waals surface area contributed by atoms with E-state index in [0.717, 1.165) is 18.4 Å². The first-order valence-electron chi connectivity index (χ1n) is 6.40. The molecule has 4 heteroatoms. The second-order valence-electron chi connectivity index (χ2n) is 4.42. The summed E-state index contributed by atoms with van der Waals surface area (Å²) in [6.07, 6.45) is 3.97. The quantitative estimate of drug-likeness (QED) is 0.553. The first-order valence-corrected chi connectivity index (χ1v) is 6.40. The number of nitrogens with one attached hydrogen (secondary N) is 2. The van der Waals surface area contributed by atoms with Crippen molar-refractivity contribution in [1.29, 1.82) is 0 Å². The van der Waals surface area contributed by atoms with E-state index in [9.17, 15) is 0 Å². The fourth-order valence-electron chi connectivity index (χ4n) is 2.27. The molecule has 0 radical (unpaired) electrons. The molecule has 0 spiro atoms. The minimum Gasteiger partial charge on any atom is -0.359 e. The standard InChI is InChI=1S/C12H26N4/c1-4-16-9-6-11(7-10-16)5-8-15-12(13-2)14-3/h11H,4-10H2,1-3H3,(H2,13,14,15). The molecule has 16 heavy (non-hydrogen) atoms. The molecule has 0 amide bonds. The number of hydrogen-bond donors (Lipinski definition) is 2. The van der Waals surface area contributed by atoms with Gasteiger partial charge < -0.3 is 15.5 Å². The van der Waals surface area contributed by atoms with Crippen LogP contribution in [0.2, 0.25) is 0 Å². The Morgan fingerprint density at radius 1 is 1.38 bits per heavy atom. The second kappa shape index (κ2) is 7.49. The summed E-state index contributed by atoms with van der Waals surface area (Å²) >= 11 is 0. The number of nitrogens with zero attached hydrogens (tertiary/aromatic N) is 2. The fraction of sp³-hybridized carbons (Fsp3) is 0.917. The second-order valence-corrected chi connectivity index (χ2v) is 4.42. The largest absolute Gasteiger partial charge is 0.359 e. The Labute approximate surface area is 99.5 Å². The van der Waals surface area contributed by atoms with E-state index in [-0.39, 0.29) is 0 Å². The minimum atomic E-state index is 0.894. The average molecular weight is 226 g/mol. The van der Waals surface area contributed by atoms with Gasteiger partial charge >= 0.3 is 0 Å². The van der Waals surface area contributed by atoms with Crippen molar-refractivity contribution in [1.82, 2.24) is 15.5 Å². The molecule has 1 fully saturated rings. The van der Waals surface area contributed by atoms with Gasteiger partial charge in [0.1, 0.15) is 0 Å². The van der Waals surface area contributed by atoms with Crippen LogP contribution in [0.5, 0.6) is 0 Å². The van der Waals surface area contributed by atoms with Crippen LogP contribution < -0.4 is 10.6 Å². The van der Waals surface area contributed by atoms with Crippen LogP contribution in [0.3, 0.4) is 0 Å². The van der Waals surface area contributed by atoms with Crippen molar-refractivity contribution < 1.29 is 0 Å². The predicted molar refractivity (Wildman–Crippen MR) is 69.9 cm³/mol. The number of guanidine groups is 1. The summed E-state index contributed by atoms with van der Waals surface area (Å²) < 4.78 is 0. The molecule has 0 unspecified atom stereocenters. The molecule has 0 aromatic carbocycles. The summed E-state index contributed by atoms with van der Waals surface area (Å²) in [5.41, 5.74) is 0. The van der Waals surface area contributed by atoms with Crippen LogP contribution in [-0.4, -0.2) is 51.1 Å². The molecule has 1 saturated heterocycles. The zero-order valence-corrected chi connectivity index (χ0v) is 10.9. The summed E-state index contributed by atoms with van der Waals surface area (Å²) in [5.74, 6) is 1.79. The third-order valence-corrected chi connectivity index (χ3v) is 3.46. The Morgan fingerprint density at radius 3 is 2.56 bits per heavy atom. The predicted octanol–water partition coefficient (Wildman–Crippen LogP) is 0.903. The molecule has 0 atom stereocenters. The zero-order chi connectivity index (χ0) is 11.8. The van der Waals surface area contributed by atoms with Gasteiger partial charge in [-0.15, -0.1) is 0 Å². The molecule has 2 N–H and O–H groups in total. The van der Waals surface area contributed by atoms with E-state index in [1.807, 2.05) is 7.05 Å². The van der Waals surface area contributed by atoms with Gasteiger partial charge in [-0.2, -0.15) is 0 Å². The monoisotopic (exact) mass is 226 g/mol. The van der Waals surface area contributed by atoms with Crippen molar-refractivity contribution in [3.05, 3.63) is 0 Å². The molecule has 4 nitrogen and oxygen atoms in total. The van der Waals surface area contributed by atoms with Crippen LogP contribution >= 0.6 is 0 Å². The summed E-state index contributed by atoms with van der Waals surface area (Å²) in [6, 6.07) is 0. The SMILES string of the molecule is CCN1CCC(CCNC(=NC)NC)CC1. The van der Waals surface area contributed by atoms with Gasteiger partial charge in [0.25, 0.3) is 0 Å². The highest BCUT2D eigenvalue weighted by atomic mass is 15.1. The maximum absolute atomic E-state index is 4.10. The van der Waals surface area contributed by atoms with Crippen molar-refractivity contribution >= 4 is 5.96 Å². The van der Waals surface area contributed by atoms with Gasteiger partial charge in [0.2, 0.25) is 0 Å². The van der Waals surface area contributed by atoms with Crippen LogP contribution in [0.25, 0.3) is 0 Å². The topological polar surface area (TPSA) is 39.7 Å². The van der Waals surface area contributed by atoms with Gasteiger partial charge in [-0.05, 0) is 44.8 Å². The number of piperidine rings is 1. The smallest absolute Gasteiger partial charge is 0.190 e. The van der Waals surface area contributed by atoms with E-state index in [1.54, 1.807) is 7.05 Å². The number of likely N-dealkylation sites (tertiary alicyclic amines) is 1. The lowest BCUT2D eigenvalue weighted by molar-refractivity contribution is 0.187. The maximum atomic E-state index is 4.10. The summed E-state index contributed by atoms with van der Waals surface area (Å²) in [7, 11) is 3.70. The third kappa shape index (κ3) is 4.39. The molecule has 0 aromatic rings. The van der Waals surface area contributed by atoms with E-state index >= 15 is 0 Å². The Morgan fingerprint density at radius 2 is 2.06 bits per heavy atom. The van der Waals surface area contributed by atoms with Crippen molar-refractivity contribution in [2.75, 3.05) is 40.3 Å². The van der Waals surface area contributed by atoms with Crippen molar-refractivity contribution in [2.45, 2.75) is 26.2 Å². The van der Waals surface area contributed by atoms with Crippen molar-refractivity contribution in [2.24, 2.45) is 10.9 Å². The highest BCUT2D eigenvalue weighted by molar-refractivity contribution is 5.79. The molecule has 94 valence electrons. The highest BCUT2D eigenvalue weighted by Gasteiger charge is 2.17. The lowest BCUT2D eigenvalue weighted by Gasteiger charge is -2.31. The zero-order valence-electron chi connectivity index (χ0n) is 10.9. The molecule has 0 aromatic heterocycles. The molecule has 1 aliphatic heterocycles. The van der Waals surface area contributed by atoms with Crippen LogP contribution in [0.1, 0.15) is 26.2 Å². The van der Waals surface area contributed by atoms with Gasteiger partial charge in [-0.25, -0.2) is 0 Å². The first-order chi connectivity index (χ1) is 7.80. The Kier molecular flexibility index (Phi) is 6.23. The van der Waals surface area contributed by atoms with Crippen LogP contribution in [0, 0.1) is 5.92 Å². The molecule has 1 rings (SSSR count). The van der Waals surface area contributed by atoms with E-state index in [0.29, 0.717) is 0 Å². The third-order valence-electron chi connectivity index (χ3n) is 3.46. The van der Waals surface area contributed by atoms with Crippen LogP contribution in [0.4, 0.5) is 0 Å². The summed E-state index contributed by atoms with van der Waals surface area (Å²) in [5, 5.41) is 6.35. The Balaban J connectivity index is 2.10. The molecular formula is C12H26N4. The lowest BCUT2D eigenvalue weighted by atomic mass is 9.93. The van der Waals surface area contributed by atoms with Gasteiger partial charge in [0, 0.05) is 20.6 Å². The summed E-state index contributed by atoms with van der Waals surface area (Å²) in [4.78, 5) is 6.64. The van der Waals surface area contributed by atoms with Crippen molar-refractivity contribution in [3.63, 3.8) is 0 Å². The lowest BCUT2D eigenvalue weighted by Crippen LogP contribution is -2.37. The van der Waals surface area contributed by atoms with E-state index in [2.05, 4.69) is 27.4 Å². The normalized spacial score (nSPS) is 19.8. The van der Waals surface area contributed by atoms with Gasteiger partial charge in [-0.3, -0.25) is 4.99 Å². The van der Waals surface area contributed by atoms with Crippen LogP contribution in [-0.2, 0) is 0 Å². The van der Waals surface area contributed by atoms with Gasteiger partial charge in [0.05, 0.1) is 0 Å².